The van der Waals surface area contributed by atoms with Crippen LogP contribution in [0.15, 0.2) is 65.8 Å². The molecule has 41 heavy (non-hydrogen) atoms. The number of amides is 2. The van der Waals surface area contributed by atoms with Crippen LogP contribution in [0, 0.1) is 5.92 Å². The van der Waals surface area contributed by atoms with Gasteiger partial charge in [-0.05, 0) is 95.5 Å². The van der Waals surface area contributed by atoms with Gasteiger partial charge in [0.1, 0.15) is 17.2 Å². The van der Waals surface area contributed by atoms with E-state index in [0.717, 1.165) is 6.42 Å². The number of benzene rings is 1. The number of hydrogen-bond acceptors (Lipinski definition) is 9. The summed E-state index contributed by atoms with van der Waals surface area (Å²) in [6.45, 7) is 12.4. The molecule has 1 unspecified atom stereocenters. The van der Waals surface area contributed by atoms with Crippen molar-refractivity contribution in [1.82, 2.24) is 14.7 Å². The van der Waals surface area contributed by atoms with E-state index in [2.05, 4.69) is 51.0 Å². The van der Waals surface area contributed by atoms with Crippen molar-refractivity contribution in [2.75, 3.05) is 22.1 Å². The quantitative estimate of drug-likeness (QED) is 0.339. The van der Waals surface area contributed by atoms with Crippen molar-refractivity contribution in [3.05, 3.63) is 66.4 Å². The lowest BCUT2D eigenvalue weighted by Crippen LogP contribution is -2.43. The van der Waals surface area contributed by atoms with Crippen LogP contribution in [-0.2, 0) is 14.8 Å². The monoisotopic (exact) mass is 580 g/mol. The van der Waals surface area contributed by atoms with Crippen LogP contribution in [0.4, 0.5) is 27.8 Å². The third kappa shape index (κ3) is 7.12. The number of aromatic nitrogens is 2. The van der Waals surface area contributed by atoms with E-state index < -0.39 is 27.6 Å². The molecule has 12 heteroatoms. The lowest BCUT2D eigenvalue weighted by molar-refractivity contribution is 0.0635. The number of anilines is 4. The second-order valence-electron chi connectivity index (χ2n) is 11.5. The van der Waals surface area contributed by atoms with E-state index in [0.29, 0.717) is 29.7 Å². The Kier molecular flexibility index (Phi) is 8.25. The normalized spacial score (nSPS) is 16.6. The van der Waals surface area contributed by atoms with Gasteiger partial charge in [0.15, 0.2) is 5.03 Å². The fourth-order valence-corrected chi connectivity index (χ4v) is 5.40. The van der Waals surface area contributed by atoms with Gasteiger partial charge in [-0.3, -0.25) is 10.1 Å². The molecule has 0 radical (unpaired) electrons. The predicted octanol–water partition coefficient (Wildman–Crippen LogP) is 5.31. The molecule has 3 heterocycles. The fourth-order valence-electron chi connectivity index (χ4n) is 4.47. The highest BCUT2D eigenvalue weighted by Crippen LogP contribution is 2.38. The molecule has 1 aromatic carbocycles. The van der Waals surface area contributed by atoms with Gasteiger partial charge in [0.2, 0.25) is 0 Å². The van der Waals surface area contributed by atoms with E-state index in [4.69, 9.17) is 4.74 Å². The van der Waals surface area contributed by atoms with E-state index in [1.165, 1.54) is 12.1 Å². The minimum absolute atomic E-state index is 0.174. The summed E-state index contributed by atoms with van der Waals surface area (Å²) in [6.07, 6.45) is 1.96. The number of carbonyl (C=O) groups excluding carboxylic acids is 2. The standard InChI is InChI=1S/C29H36N6O5S/c1-19-16-18-35(29(19,5)6)25-22(9-8-17-30-25)26(36)34-41(38,39)24-11-7-10-23(33-24)31-20-12-14-21(15-13-20)32-27(37)40-28(2,3)4/h7-15,17,19H,16,18H2,1-6H3,(H,31,33)(H,32,37)(H,34,36). The first kappa shape index (κ1) is 29.8. The Morgan fingerprint density at radius 1 is 1.02 bits per heavy atom. The summed E-state index contributed by atoms with van der Waals surface area (Å²) in [5.41, 5.74) is 0.443. The smallest absolute Gasteiger partial charge is 0.412 e. The summed E-state index contributed by atoms with van der Waals surface area (Å²) in [5, 5.41) is 5.36. The largest absolute Gasteiger partial charge is 0.444 e. The molecule has 1 saturated heterocycles. The molecule has 2 amide bonds. The van der Waals surface area contributed by atoms with Crippen LogP contribution in [0.3, 0.4) is 0 Å². The number of hydrogen-bond donors (Lipinski definition) is 3. The van der Waals surface area contributed by atoms with Crippen LogP contribution in [0.5, 0.6) is 0 Å². The van der Waals surface area contributed by atoms with Gasteiger partial charge in [0.25, 0.3) is 15.9 Å². The number of sulfonamides is 1. The van der Waals surface area contributed by atoms with E-state index in [1.54, 1.807) is 69.4 Å². The van der Waals surface area contributed by atoms with Gasteiger partial charge in [0.05, 0.1) is 5.56 Å². The first-order chi connectivity index (χ1) is 19.2. The number of pyridine rings is 2. The highest BCUT2D eigenvalue weighted by atomic mass is 32.2. The number of nitrogens with one attached hydrogen (secondary N) is 3. The number of carbonyl (C=O) groups is 2. The molecule has 0 saturated carbocycles. The van der Waals surface area contributed by atoms with Crippen LogP contribution in [0.25, 0.3) is 0 Å². The van der Waals surface area contributed by atoms with Crippen molar-refractivity contribution in [1.29, 1.82) is 0 Å². The number of rotatable bonds is 7. The van der Waals surface area contributed by atoms with Gasteiger partial charge in [-0.2, -0.15) is 8.42 Å². The molecule has 1 aliphatic heterocycles. The first-order valence-electron chi connectivity index (χ1n) is 13.3. The third-order valence-electron chi connectivity index (χ3n) is 7.00. The number of nitrogens with zero attached hydrogens (tertiary/aromatic N) is 3. The highest BCUT2D eigenvalue weighted by Gasteiger charge is 2.40. The van der Waals surface area contributed by atoms with Crippen molar-refractivity contribution in [2.45, 2.75) is 64.1 Å². The zero-order chi connectivity index (χ0) is 30.0. The van der Waals surface area contributed by atoms with Gasteiger partial charge >= 0.3 is 6.09 Å². The van der Waals surface area contributed by atoms with E-state index >= 15 is 0 Å². The Morgan fingerprint density at radius 2 is 1.71 bits per heavy atom. The van der Waals surface area contributed by atoms with Crippen LogP contribution < -0.4 is 20.3 Å². The third-order valence-corrected chi connectivity index (χ3v) is 8.24. The molecule has 11 nitrogen and oxygen atoms in total. The molecule has 218 valence electrons. The van der Waals surface area contributed by atoms with E-state index in [1.807, 2.05) is 0 Å². The average molecular weight is 581 g/mol. The Bertz CT molecular complexity index is 1530. The van der Waals surface area contributed by atoms with E-state index in [-0.39, 0.29) is 21.9 Å². The average Bonchev–Trinajstić information content (AvgIpc) is 3.15. The summed E-state index contributed by atoms with van der Waals surface area (Å²) in [7, 11) is -4.30. The molecule has 0 bridgehead atoms. The summed E-state index contributed by atoms with van der Waals surface area (Å²) in [5.74, 6) is 0.295. The Labute approximate surface area is 240 Å². The molecule has 3 N–H and O–H groups in total. The first-order valence-corrected chi connectivity index (χ1v) is 14.8. The van der Waals surface area contributed by atoms with Crippen LogP contribution >= 0.6 is 0 Å². The molecular weight excluding hydrogens is 544 g/mol. The second-order valence-corrected chi connectivity index (χ2v) is 13.1. The molecule has 0 spiro atoms. The molecule has 3 aromatic rings. The summed E-state index contributed by atoms with van der Waals surface area (Å²) < 4.78 is 33.7. The van der Waals surface area contributed by atoms with Crippen molar-refractivity contribution in [3.8, 4) is 0 Å². The van der Waals surface area contributed by atoms with E-state index in [9.17, 15) is 18.0 Å². The maximum absolute atomic E-state index is 13.2. The lowest BCUT2D eigenvalue weighted by Gasteiger charge is -2.36. The molecule has 0 aliphatic carbocycles. The predicted molar refractivity (Wildman–Crippen MR) is 158 cm³/mol. The fraction of sp³-hybridized carbons (Fsp3) is 0.379. The molecular formula is C29H36N6O5S. The van der Waals surface area contributed by atoms with Gasteiger partial charge < -0.3 is 15.0 Å². The van der Waals surface area contributed by atoms with Crippen LogP contribution in [-0.4, -0.2) is 48.1 Å². The van der Waals surface area contributed by atoms with Crippen molar-refractivity contribution >= 4 is 45.0 Å². The van der Waals surface area contributed by atoms with Crippen LogP contribution in [0.2, 0.25) is 0 Å². The Hall–Kier alpha value is -4.19. The lowest BCUT2D eigenvalue weighted by atomic mass is 9.90. The Balaban J connectivity index is 1.46. The molecule has 1 aliphatic rings. The second kappa shape index (κ2) is 11.4. The maximum Gasteiger partial charge on any atom is 0.412 e. The summed E-state index contributed by atoms with van der Waals surface area (Å²) >= 11 is 0. The van der Waals surface area contributed by atoms with Crippen LogP contribution in [0.1, 0.15) is 58.3 Å². The van der Waals surface area contributed by atoms with Crippen molar-refractivity contribution < 1.29 is 22.7 Å². The minimum Gasteiger partial charge on any atom is -0.444 e. The summed E-state index contributed by atoms with van der Waals surface area (Å²) in [4.78, 5) is 35.9. The topological polar surface area (TPSA) is 143 Å². The molecule has 2 aromatic heterocycles. The van der Waals surface area contributed by atoms with Crippen molar-refractivity contribution in [2.24, 2.45) is 5.92 Å². The highest BCUT2D eigenvalue weighted by molar-refractivity contribution is 7.90. The zero-order valence-corrected chi connectivity index (χ0v) is 24.9. The van der Waals surface area contributed by atoms with Gasteiger partial charge in [0, 0.05) is 29.7 Å². The molecule has 1 fully saturated rings. The summed E-state index contributed by atoms with van der Waals surface area (Å²) in [6, 6.07) is 14.3. The zero-order valence-electron chi connectivity index (χ0n) is 24.1. The molecule has 1 atom stereocenters. The van der Waals surface area contributed by atoms with Gasteiger partial charge in [-0.1, -0.05) is 13.0 Å². The number of ether oxygens (including phenoxy) is 1. The minimum atomic E-state index is -4.30. The van der Waals surface area contributed by atoms with Crippen molar-refractivity contribution in [3.63, 3.8) is 0 Å². The Morgan fingerprint density at radius 3 is 2.34 bits per heavy atom. The SMILES string of the molecule is CC1CCN(c2ncccc2C(=O)NS(=O)(=O)c2cccc(Nc3ccc(NC(=O)OC(C)(C)C)cc3)n2)C1(C)C. The van der Waals surface area contributed by atoms with Gasteiger partial charge in [-0.15, -0.1) is 0 Å². The molecule has 4 rings (SSSR count). The van der Waals surface area contributed by atoms with Gasteiger partial charge in [-0.25, -0.2) is 19.5 Å². The maximum atomic E-state index is 13.2.